The Balaban J connectivity index is 1.77. The molecule has 1 unspecified atom stereocenters. The van der Waals surface area contributed by atoms with Crippen molar-refractivity contribution in [3.8, 4) is 0 Å². The lowest BCUT2D eigenvalue weighted by molar-refractivity contribution is -0.122. The minimum absolute atomic E-state index is 0.0750. The lowest BCUT2D eigenvalue weighted by atomic mass is 10.0. The number of anilines is 1. The summed E-state index contributed by atoms with van der Waals surface area (Å²) in [5, 5.41) is 0. The Morgan fingerprint density at radius 3 is 2.10 bits per heavy atom. The molecule has 0 spiro atoms. The number of ether oxygens (including phenoxy) is 1. The summed E-state index contributed by atoms with van der Waals surface area (Å²) in [5.41, 5.74) is 4.11. The fraction of sp³-hybridized carbons (Fsp3) is 0.300. The highest BCUT2D eigenvalue weighted by Gasteiger charge is 2.47. The summed E-state index contributed by atoms with van der Waals surface area (Å²) in [6, 6.07) is 15.6. The smallest absolute Gasteiger partial charge is 0.338 e. The average molecular weight is 549 g/mol. The Hall–Kier alpha value is -3.82. The Morgan fingerprint density at radius 1 is 0.949 bits per heavy atom. The second-order valence-corrected chi connectivity index (χ2v) is 11.5. The third kappa shape index (κ3) is 5.37. The molecule has 0 bridgehead atoms. The van der Waals surface area contributed by atoms with E-state index in [4.69, 9.17) is 4.74 Å². The molecule has 0 aliphatic carbocycles. The van der Waals surface area contributed by atoms with E-state index in [0.29, 0.717) is 16.7 Å². The summed E-state index contributed by atoms with van der Waals surface area (Å²) >= 11 is 0. The quantitative estimate of drug-likeness (QED) is 0.301. The van der Waals surface area contributed by atoms with Crippen LogP contribution in [0.1, 0.15) is 51.5 Å². The SMILES string of the molecule is CCOC(=O)c1ccc(N2C(=O)CC(N(Cc3ccccc3)S(=O)(=O)c3c(C)c(C)cc(C)c3C)C2=O)cc1. The zero-order valence-corrected chi connectivity index (χ0v) is 23.5. The minimum Gasteiger partial charge on any atom is -0.462 e. The normalized spacial score (nSPS) is 15.7. The number of sulfonamides is 1. The van der Waals surface area contributed by atoms with Crippen LogP contribution in [0.5, 0.6) is 0 Å². The van der Waals surface area contributed by atoms with Gasteiger partial charge >= 0.3 is 5.97 Å². The van der Waals surface area contributed by atoms with Gasteiger partial charge < -0.3 is 4.74 Å². The lowest BCUT2D eigenvalue weighted by Gasteiger charge is -2.29. The van der Waals surface area contributed by atoms with Crippen molar-refractivity contribution >= 4 is 33.5 Å². The molecule has 1 aliphatic rings. The van der Waals surface area contributed by atoms with Crippen molar-refractivity contribution < 1.29 is 27.5 Å². The zero-order chi connectivity index (χ0) is 28.5. The maximum Gasteiger partial charge on any atom is 0.338 e. The van der Waals surface area contributed by atoms with E-state index < -0.39 is 33.8 Å². The molecule has 1 atom stereocenters. The second kappa shape index (κ2) is 11.1. The van der Waals surface area contributed by atoms with Gasteiger partial charge in [0.15, 0.2) is 0 Å². The van der Waals surface area contributed by atoms with E-state index in [1.807, 2.05) is 26.0 Å². The molecular weight excluding hydrogens is 516 g/mol. The molecule has 1 fully saturated rings. The van der Waals surface area contributed by atoms with Crippen LogP contribution in [0.3, 0.4) is 0 Å². The molecule has 39 heavy (non-hydrogen) atoms. The van der Waals surface area contributed by atoms with Gasteiger partial charge in [-0.3, -0.25) is 9.59 Å². The zero-order valence-electron chi connectivity index (χ0n) is 22.7. The van der Waals surface area contributed by atoms with Gasteiger partial charge in [0.05, 0.1) is 29.2 Å². The number of carbonyl (C=O) groups excluding carboxylic acids is 3. The number of nitrogens with zero attached hydrogens (tertiary/aromatic N) is 2. The Morgan fingerprint density at radius 2 is 1.54 bits per heavy atom. The monoisotopic (exact) mass is 548 g/mol. The Bertz CT molecular complexity index is 1510. The molecule has 1 aliphatic heterocycles. The molecular formula is C30H32N2O6S. The van der Waals surface area contributed by atoms with E-state index in [1.165, 1.54) is 24.3 Å². The molecule has 204 valence electrons. The van der Waals surface area contributed by atoms with Gasteiger partial charge in [-0.1, -0.05) is 36.4 Å². The fourth-order valence-corrected chi connectivity index (χ4v) is 7.03. The van der Waals surface area contributed by atoms with Gasteiger partial charge in [-0.25, -0.2) is 18.1 Å². The summed E-state index contributed by atoms with van der Waals surface area (Å²) in [7, 11) is -4.20. The third-order valence-corrected chi connectivity index (χ3v) is 9.28. The summed E-state index contributed by atoms with van der Waals surface area (Å²) in [5.74, 6) is -1.67. The summed E-state index contributed by atoms with van der Waals surface area (Å²) in [4.78, 5) is 40.1. The van der Waals surface area contributed by atoms with E-state index in [9.17, 15) is 22.8 Å². The first-order chi connectivity index (χ1) is 18.5. The van der Waals surface area contributed by atoms with E-state index >= 15 is 0 Å². The highest BCUT2D eigenvalue weighted by Crippen LogP contribution is 2.34. The van der Waals surface area contributed by atoms with Crippen LogP contribution >= 0.6 is 0 Å². The van der Waals surface area contributed by atoms with Crippen LogP contribution < -0.4 is 4.90 Å². The number of benzene rings is 3. The van der Waals surface area contributed by atoms with Crippen molar-refractivity contribution in [3.05, 3.63) is 94.0 Å². The molecule has 0 saturated carbocycles. The maximum absolute atomic E-state index is 14.3. The van der Waals surface area contributed by atoms with Crippen LogP contribution in [-0.4, -0.2) is 43.2 Å². The molecule has 1 saturated heterocycles. The van der Waals surface area contributed by atoms with Gasteiger partial charge in [0.25, 0.3) is 5.91 Å². The number of amides is 2. The average Bonchev–Trinajstić information content (AvgIpc) is 3.19. The van der Waals surface area contributed by atoms with Crippen LogP contribution in [0, 0.1) is 27.7 Å². The van der Waals surface area contributed by atoms with Crippen LogP contribution in [0.4, 0.5) is 5.69 Å². The first kappa shape index (κ1) is 28.2. The molecule has 1 heterocycles. The second-order valence-electron chi connectivity index (χ2n) is 9.68. The van der Waals surface area contributed by atoms with E-state index in [0.717, 1.165) is 20.3 Å². The number of hydrogen-bond donors (Lipinski definition) is 0. The van der Waals surface area contributed by atoms with Crippen LogP contribution in [0.25, 0.3) is 0 Å². The molecule has 3 aromatic rings. The molecule has 2 amide bonds. The van der Waals surface area contributed by atoms with Crippen molar-refractivity contribution in [1.29, 1.82) is 0 Å². The number of aryl methyl sites for hydroxylation is 2. The highest BCUT2D eigenvalue weighted by molar-refractivity contribution is 7.89. The molecule has 0 N–H and O–H groups in total. The van der Waals surface area contributed by atoms with E-state index in [1.54, 1.807) is 45.0 Å². The van der Waals surface area contributed by atoms with Crippen LogP contribution in [0.15, 0.2) is 65.6 Å². The predicted molar refractivity (Wildman–Crippen MR) is 148 cm³/mol. The largest absolute Gasteiger partial charge is 0.462 e. The first-order valence-corrected chi connectivity index (χ1v) is 14.2. The molecule has 8 nitrogen and oxygen atoms in total. The topological polar surface area (TPSA) is 101 Å². The van der Waals surface area contributed by atoms with Gasteiger partial charge in [0.1, 0.15) is 6.04 Å². The molecule has 0 aromatic heterocycles. The van der Waals surface area contributed by atoms with Gasteiger partial charge in [0, 0.05) is 6.54 Å². The fourth-order valence-electron chi connectivity index (χ4n) is 4.88. The first-order valence-electron chi connectivity index (χ1n) is 12.7. The van der Waals surface area contributed by atoms with E-state index in [-0.39, 0.29) is 35.7 Å². The van der Waals surface area contributed by atoms with Crippen molar-refractivity contribution in [1.82, 2.24) is 4.31 Å². The number of esters is 1. The Labute approximate surface area is 229 Å². The molecule has 4 rings (SSSR count). The molecule has 9 heteroatoms. The van der Waals surface area contributed by atoms with Crippen molar-refractivity contribution in [2.24, 2.45) is 0 Å². The number of rotatable bonds is 8. The predicted octanol–water partition coefficient (Wildman–Crippen LogP) is 4.62. The lowest BCUT2D eigenvalue weighted by Crippen LogP contribution is -2.45. The van der Waals surface area contributed by atoms with E-state index in [2.05, 4.69) is 0 Å². The standard InChI is InChI=1S/C30H32N2O6S/c1-6-38-30(35)24-12-14-25(15-13-24)32-27(33)17-26(29(32)34)31(18-23-10-8-7-9-11-23)39(36,37)28-21(4)19(2)16-20(3)22(28)5/h7-16,26H,6,17-18H2,1-5H3. The molecule has 0 radical (unpaired) electrons. The molecule has 3 aromatic carbocycles. The summed E-state index contributed by atoms with van der Waals surface area (Å²) < 4.78 is 34.8. The highest BCUT2D eigenvalue weighted by atomic mass is 32.2. The van der Waals surface area contributed by atoms with Gasteiger partial charge in [-0.15, -0.1) is 0 Å². The third-order valence-electron chi connectivity index (χ3n) is 7.15. The van der Waals surface area contributed by atoms with Gasteiger partial charge in [-0.2, -0.15) is 4.31 Å². The van der Waals surface area contributed by atoms with Gasteiger partial charge in [-0.05, 0) is 86.7 Å². The minimum atomic E-state index is -4.20. The van der Waals surface area contributed by atoms with Crippen molar-refractivity contribution in [2.75, 3.05) is 11.5 Å². The van der Waals surface area contributed by atoms with Crippen molar-refractivity contribution in [2.45, 2.75) is 58.5 Å². The number of hydrogen-bond acceptors (Lipinski definition) is 6. The van der Waals surface area contributed by atoms with Crippen LogP contribution in [0.2, 0.25) is 0 Å². The van der Waals surface area contributed by atoms with Gasteiger partial charge in [0.2, 0.25) is 15.9 Å². The summed E-state index contributed by atoms with van der Waals surface area (Å²) in [6.45, 7) is 9.07. The van der Waals surface area contributed by atoms with Crippen LogP contribution in [-0.2, 0) is 30.9 Å². The summed E-state index contributed by atoms with van der Waals surface area (Å²) in [6.07, 6.45) is -0.298. The van der Waals surface area contributed by atoms with Crippen molar-refractivity contribution in [3.63, 3.8) is 0 Å². The number of imide groups is 1. The Kier molecular flexibility index (Phi) is 8.04. The number of carbonyl (C=O) groups is 3. The maximum atomic E-state index is 14.3.